The number of carboxylic acids is 1. The molecule has 92 valence electrons. The molecule has 1 aliphatic rings. The van der Waals surface area contributed by atoms with Crippen LogP contribution >= 0.6 is 0 Å². The van der Waals surface area contributed by atoms with Crippen LogP contribution in [-0.2, 0) is 16.6 Å². The quantitative estimate of drug-likeness (QED) is 0.851. The first-order valence-electron chi connectivity index (χ1n) is 5.76. The van der Waals surface area contributed by atoms with Crippen LogP contribution in [0.4, 0.5) is 4.39 Å². The molecular formula is C13H15FO3. The van der Waals surface area contributed by atoms with E-state index in [9.17, 15) is 19.4 Å². The van der Waals surface area contributed by atoms with E-state index in [0.29, 0.717) is 24.8 Å². The van der Waals surface area contributed by atoms with E-state index >= 15 is 0 Å². The van der Waals surface area contributed by atoms with Gasteiger partial charge in [-0.05, 0) is 30.9 Å². The molecule has 4 heteroatoms. The van der Waals surface area contributed by atoms with Gasteiger partial charge in [0.1, 0.15) is 0 Å². The maximum absolute atomic E-state index is 13.5. The molecule has 0 amide bonds. The van der Waals surface area contributed by atoms with Crippen molar-refractivity contribution in [1.29, 1.82) is 0 Å². The molecule has 0 saturated heterocycles. The van der Waals surface area contributed by atoms with Gasteiger partial charge in [0.25, 0.3) is 0 Å². The third-order valence-corrected chi connectivity index (χ3v) is 3.66. The van der Waals surface area contributed by atoms with Gasteiger partial charge in [-0.25, -0.2) is 4.39 Å². The molecule has 0 bridgehead atoms. The summed E-state index contributed by atoms with van der Waals surface area (Å²) in [5.74, 6) is -2.22. The Morgan fingerprint density at radius 1 is 1.47 bits per heavy atom. The summed E-state index contributed by atoms with van der Waals surface area (Å²) in [6.45, 7) is 1.86. The molecule has 17 heavy (non-hydrogen) atoms. The monoisotopic (exact) mass is 238 g/mol. The Balaban J connectivity index is 2.57. The highest BCUT2D eigenvalue weighted by Crippen LogP contribution is 2.48. The fraction of sp³-hybridized carbons (Fsp3) is 0.462. The molecule has 0 unspecified atom stereocenters. The minimum absolute atomic E-state index is 0.230. The highest BCUT2D eigenvalue weighted by atomic mass is 19.1. The Labute approximate surface area is 98.9 Å². The molecule has 2 N–H and O–H groups in total. The molecule has 1 aromatic carbocycles. The first kappa shape index (κ1) is 11.9. The number of aromatic hydroxyl groups is 1. The van der Waals surface area contributed by atoms with E-state index in [0.717, 1.165) is 6.42 Å². The lowest BCUT2D eigenvalue weighted by atomic mass is 9.64. The van der Waals surface area contributed by atoms with Crippen LogP contribution < -0.4 is 0 Å². The first-order valence-corrected chi connectivity index (χ1v) is 5.76. The second-order valence-corrected chi connectivity index (χ2v) is 4.57. The third kappa shape index (κ3) is 1.68. The van der Waals surface area contributed by atoms with Crippen molar-refractivity contribution in [3.05, 3.63) is 29.1 Å². The topological polar surface area (TPSA) is 57.5 Å². The SMILES string of the molecule is CCc1cc(F)c(O)c(C2(C(=O)O)CCC2)c1. The van der Waals surface area contributed by atoms with E-state index in [-0.39, 0.29) is 5.56 Å². The number of hydrogen-bond donors (Lipinski definition) is 2. The van der Waals surface area contributed by atoms with Crippen molar-refractivity contribution in [2.45, 2.75) is 38.0 Å². The molecule has 3 nitrogen and oxygen atoms in total. The number of halogens is 1. The van der Waals surface area contributed by atoms with E-state index in [1.54, 1.807) is 6.07 Å². The molecule has 1 fully saturated rings. The van der Waals surface area contributed by atoms with E-state index in [2.05, 4.69) is 0 Å². The zero-order valence-electron chi connectivity index (χ0n) is 9.66. The van der Waals surface area contributed by atoms with E-state index in [1.807, 2.05) is 6.92 Å². The van der Waals surface area contributed by atoms with Gasteiger partial charge >= 0.3 is 5.97 Å². The van der Waals surface area contributed by atoms with Crippen LogP contribution in [0.1, 0.15) is 37.3 Å². The zero-order valence-corrected chi connectivity index (χ0v) is 9.66. The van der Waals surface area contributed by atoms with Crippen LogP contribution in [0.25, 0.3) is 0 Å². The summed E-state index contributed by atoms with van der Waals surface area (Å²) in [7, 11) is 0. The number of phenolic OH excluding ortho intramolecular Hbond substituents is 1. The van der Waals surface area contributed by atoms with Gasteiger partial charge in [0.05, 0.1) is 5.41 Å². The van der Waals surface area contributed by atoms with Crippen LogP contribution in [0, 0.1) is 5.82 Å². The van der Waals surface area contributed by atoms with Crippen molar-refractivity contribution in [3.63, 3.8) is 0 Å². The summed E-state index contributed by atoms with van der Waals surface area (Å²) in [4.78, 5) is 11.3. The van der Waals surface area contributed by atoms with Crippen molar-refractivity contribution in [2.75, 3.05) is 0 Å². The second-order valence-electron chi connectivity index (χ2n) is 4.57. The number of benzene rings is 1. The van der Waals surface area contributed by atoms with Crippen molar-refractivity contribution in [2.24, 2.45) is 0 Å². The van der Waals surface area contributed by atoms with E-state index in [1.165, 1.54) is 6.07 Å². The normalized spacial score (nSPS) is 17.5. The molecule has 1 aliphatic carbocycles. The van der Waals surface area contributed by atoms with Crippen molar-refractivity contribution in [1.82, 2.24) is 0 Å². The van der Waals surface area contributed by atoms with Gasteiger partial charge in [-0.1, -0.05) is 19.4 Å². The van der Waals surface area contributed by atoms with Crippen LogP contribution in [-0.4, -0.2) is 16.2 Å². The lowest BCUT2D eigenvalue weighted by Gasteiger charge is -2.38. The Morgan fingerprint density at radius 2 is 2.12 bits per heavy atom. The molecule has 0 heterocycles. The average Bonchev–Trinajstić information content (AvgIpc) is 2.21. The van der Waals surface area contributed by atoms with Crippen LogP contribution in [0.5, 0.6) is 5.75 Å². The molecule has 0 aliphatic heterocycles. The van der Waals surface area contributed by atoms with E-state index < -0.39 is 23.0 Å². The van der Waals surface area contributed by atoms with Gasteiger partial charge in [-0.2, -0.15) is 0 Å². The predicted molar refractivity (Wildman–Crippen MR) is 60.6 cm³/mol. The van der Waals surface area contributed by atoms with Crippen LogP contribution in [0.2, 0.25) is 0 Å². The van der Waals surface area contributed by atoms with Crippen molar-refractivity contribution in [3.8, 4) is 5.75 Å². The largest absolute Gasteiger partial charge is 0.505 e. The summed E-state index contributed by atoms with van der Waals surface area (Å²) in [6.07, 6.45) is 2.33. The maximum Gasteiger partial charge on any atom is 0.314 e. The van der Waals surface area contributed by atoms with Gasteiger partial charge in [0.15, 0.2) is 11.6 Å². The summed E-state index contributed by atoms with van der Waals surface area (Å²) in [6, 6.07) is 2.87. The minimum Gasteiger partial charge on any atom is -0.505 e. The molecule has 1 saturated carbocycles. The number of hydrogen-bond acceptors (Lipinski definition) is 2. The second kappa shape index (κ2) is 4.02. The van der Waals surface area contributed by atoms with Crippen LogP contribution in [0.15, 0.2) is 12.1 Å². The number of carbonyl (C=O) groups is 1. The van der Waals surface area contributed by atoms with Crippen LogP contribution in [0.3, 0.4) is 0 Å². The Morgan fingerprint density at radius 3 is 2.53 bits per heavy atom. The molecule has 2 rings (SSSR count). The lowest BCUT2D eigenvalue weighted by Crippen LogP contribution is -2.42. The number of phenols is 1. The molecular weight excluding hydrogens is 223 g/mol. The average molecular weight is 238 g/mol. The fourth-order valence-corrected chi connectivity index (χ4v) is 2.35. The predicted octanol–water partition coefficient (Wildman–Crippen LogP) is 2.60. The van der Waals surface area contributed by atoms with E-state index in [4.69, 9.17) is 0 Å². The highest BCUT2D eigenvalue weighted by Gasteiger charge is 2.48. The maximum atomic E-state index is 13.5. The summed E-state index contributed by atoms with van der Waals surface area (Å²) >= 11 is 0. The summed E-state index contributed by atoms with van der Waals surface area (Å²) in [5, 5.41) is 19.0. The Bertz CT molecular complexity index is 464. The van der Waals surface area contributed by atoms with Gasteiger partial charge in [0.2, 0.25) is 0 Å². The summed E-state index contributed by atoms with van der Waals surface area (Å²) < 4.78 is 13.5. The van der Waals surface area contributed by atoms with Gasteiger partial charge < -0.3 is 10.2 Å². The number of carboxylic acid groups (broad SMARTS) is 1. The Kier molecular flexibility index (Phi) is 2.81. The Hall–Kier alpha value is -1.58. The number of aryl methyl sites for hydroxylation is 1. The fourth-order valence-electron chi connectivity index (χ4n) is 2.35. The molecule has 0 spiro atoms. The lowest BCUT2D eigenvalue weighted by molar-refractivity contribution is -0.147. The van der Waals surface area contributed by atoms with Gasteiger partial charge in [-0.15, -0.1) is 0 Å². The standard InChI is InChI=1S/C13H15FO3/c1-2-8-6-9(11(15)10(14)7-8)13(12(16)17)4-3-5-13/h6-7,15H,2-5H2,1H3,(H,16,17). The number of aliphatic carboxylic acids is 1. The minimum atomic E-state index is -1.09. The highest BCUT2D eigenvalue weighted by molar-refractivity contribution is 5.83. The molecule has 1 aromatic rings. The summed E-state index contributed by atoms with van der Waals surface area (Å²) in [5.41, 5.74) is -0.147. The molecule has 0 radical (unpaired) electrons. The van der Waals surface area contributed by atoms with Crippen molar-refractivity contribution < 1.29 is 19.4 Å². The van der Waals surface area contributed by atoms with Gasteiger partial charge in [-0.3, -0.25) is 4.79 Å². The molecule has 0 atom stereocenters. The van der Waals surface area contributed by atoms with Crippen molar-refractivity contribution >= 4 is 5.97 Å². The zero-order chi connectivity index (χ0) is 12.6. The smallest absolute Gasteiger partial charge is 0.314 e. The molecule has 0 aromatic heterocycles. The van der Waals surface area contributed by atoms with Gasteiger partial charge in [0, 0.05) is 5.56 Å². The number of rotatable bonds is 3. The first-order chi connectivity index (χ1) is 8.01. The third-order valence-electron chi connectivity index (χ3n) is 3.66.